The molecule has 0 bridgehead atoms. The highest BCUT2D eigenvalue weighted by atomic mass is 16.4. The third kappa shape index (κ3) is 3.10. The molecule has 2 rings (SSSR count). The normalized spacial score (nSPS) is 22.6. The average Bonchev–Trinajstić information content (AvgIpc) is 2.38. The molecular formula is C15H22N2O3. The molecule has 5 nitrogen and oxygen atoms in total. The number of rotatable bonds is 4. The van der Waals surface area contributed by atoms with Gasteiger partial charge in [-0.3, -0.25) is 4.98 Å². The maximum absolute atomic E-state index is 11.4. The van der Waals surface area contributed by atoms with E-state index in [9.17, 15) is 15.0 Å². The Bertz CT molecular complexity index is 502. The number of nitrogens with zero attached hydrogens (tertiary/aromatic N) is 1. The topological polar surface area (TPSA) is 82.5 Å². The van der Waals surface area contributed by atoms with Gasteiger partial charge in [-0.25, -0.2) is 4.79 Å². The van der Waals surface area contributed by atoms with Gasteiger partial charge in [-0.15, -0.1) is 0 Å². The molecule has 20 heavy (non-hydrogen) atoms. The highest BCUT2D eigenvalue weighted by Gasteiger charge is 2.26. The van der Waals surface area contributed by atoms with Crippen molar-refractivity contribution in [3.63, 3.8) is 0 Å². The summed E-state index contributed by atoms with van der Waals surface area (Å²) in [6.07, 6.45) is 4.19. The number of carbonyl (C=O) groups is 1. The summed E-state index contributed by atoms with van der Waals surface area (Å²) in [7, 11) is 0. The number of carboxylic acid groups (broad SMARTS) is 1. The van der Waals surface area contributed by atoms with Crippen molar-refractivity contribution in [3.8, 4) is 0 Å². The van der Waals surface area contributed by atoms with E-state index in [0.717, 1.165) is 31.4 Å². The molecule has 1 saturated carbocycles. The van der Waals surface area contributed by atoms with Crippen molar-refractivity contribution >= 4 is 11.7 Å². The molecule has 0 aliphatic heterocycles. The largest absolute Gasteiger partial charge is 0.478 e. The molecule has 2 unspecified atom stereocenters. The fourth-order valence-electron chi connectivity index (χ4n) is 3.03. The van der Waals surface area contributed by atoms with Crippen LogP contribution in [0.5, 0.6) is 0 Å². The van der Waals surface area contributed by atoms with Crippen LogP contribution in [-0.4, -0.2) is 33.8 Å². The van der Waals surface area contributed by atoms with E-state index in [2.05, 4.69) is 10.3 Å². The summed E-state index contributed by atoms with van der Waals surface area (Å²) in [6, 6.07) is 1.91. The maximum atomic E-state index is 11.4. The van der Waals surface area contributed by atoms with E-state index < -0.39 is 5.97 Å². The van der Waals surface area contributed by atoms with Crippen molar-refractivity contribution in [1.82, 2.24) is 4.98 Å². The predicted octanol–water partition coefficient (Wildman–Crippen LogP) is 2.36. The van der Waals surface area contributed by atoms with Gasteiger partial charge in [0.25, 0.3) is 0 Å². The fourth-order valence-corrected chi connectivity index (χ4v) is 3.03. The molecule has 0 amide bonds. The molecule has 0 radical (unpaired) electrons. The second kappa shape index (κ2) is 6.22. The monoisotopic (exact) mass is 278 g/mol. The Kier molecular flexibility index (Phi) is 4.60. The van der Waals surface area contributed by atoms with Crippen molar-refractivity contribution in [2.45, 2.75) is 45.6 Å². The minimum atomic E-state index is -0.964. The van der Waals surface area contributed by atoms with E-state index in [1.165, 1.54) is 0 Å². The van der Waals surface area contributed by atoms with Gasteiger partial charge in [0, 0.05) is 24.3 Å². The summed E-state index contributed by atoms with van der Waals surface area (Å²) >= 11 is 0. The first-order chi connectivity index (χ1) is 9.52. The minimum Gasteiger partial charge on any atom is -0.478 e. The number of nitrogens with one attached hydrogen (secondary N) is 1. The maximum Gasteiger partial charge on any atom is 0.339 e. The molecule has 110 valence electrons. The second-order valence-corrected chi connectivity index (χ2v) is 5.55. The van der Waals surface area contributed by atoms with Gasteiger partial charge in [0.15, 0.2) is 0 Å². The van der Waals surface area contributed by atoms with Gasteiger partial charge in [0.05, 0.1) is 11.4 Å². The molecule has 0 spiro atoms. The lowest BCUT2D eigenvalue weighted by Gasteiger charge is -2.32. The number of carboxylic acids is 1. The number of aromatic carboxylic acids is 1. The molecule has 1 aromatic rings. The van der Waals surface area contributed by atoms with Crippen LogP contribution >= 0.6 is 0 Å². The fraction of sp³-hybridized carbons (Fsp3) is 0.600. The van der Waals surface area contributed by atoms with Gasteiger partial charge in [0.1, 0.15) is 5.56 Å². The zero-order valence-electron chi connectivity index (χ0n) is 12.0. The van der Waals surface area contributed by atoms with Crippen molar-refractivity contribution in [1.29, 1.82) is 0 Å². The number of aromatic nitrogens is 1. The zero-order chi connectivity index (χ0) is 14.7. The third-order valence-corrected chi connectivity index (χ3v) is 4.03. The standard InChI is InChI=1S/C15H22N2O3/c1-9-7-13(14(15(19)20)10(2)16-9)17-12-6-4-3-5-11(12)8-18/h7,11-12,18H,3-6,8H2,1-2H3,(H,16,17)(H,19,20). The Labute approximate surface area is 119 Å². The Morgan fingerprint density at radius 1 is 1.40 bits per heavy atom. The van der Waals surface area contributed by atoms with Gasteiger partial charge in [-0.1, -0.05) is 12.8 Å². The molecule has 1 aliphatic rings. The van der Waals surface area contributed by atoms with Crippen LogP contribution in [0.2, 0.25) is 0 Å². The van der Waals surface area contributed by atoms with E-state index in [1.807, 2.05) is 6.92 Å². The molecule has 3 N–H and O–H groups in total. The average molecular weight is 278 g/mol. The van der Waals surface area contributed by atoms with Crippen LogP contribution in [0.4, 0.5) is 5.69 Å². The van der Waals surface area contributed by atoms with Gasteiger partial charge in [-0.2, -0.15) is 0 Å². The molecule has 1 heterocycles. The van der Waals surface area contributed by atoms with Crippen LogP contribution < -0.4 is 5.32 Å². The van der Waals surface area contributed by atoms with Crippen LogP contribution in [-0.2, 0) is 0 Å². The van der Waals surface area contributed by atoms with E-state index in [1.54, 1.807) is 13.0 Å². The van der Waals surface area contributed by atoms with Crippen molar-refractivity contribution in [2.75, 3.05) is 11.9 Å². The molecule has 2 atom stereocenters. The smallest absolute Gasteiger partial charge is 0.339 e. The SMILES string of the molecule is Cc1cc(NC2CCCCC2CO)c(C(=O)O)c(C)n1. The van der Waals surface area contributed by atoms with Crippen molar-refractivity contribution in [2.24, 2.45) is 5.92 Å². The lowest BCUT2D eigenvalue weighted by molar-refractivity contribution is 0.0696. The Balaban J connectivity index is 2.30. The van der Waals surface area contributed by atoms with Crippen molar-refractivity contribution < 1.29 is 15.0 Å². The summed E-state index contributed by atoms with van der Waals surface area (Å²) in [5.41, 5.74) is 2.17. The minimum absolute atomic E-state index is 0.132. The van der Waals surface area contributed by atoms with Crippen LogP contribution in [0.25, 0.3) is 0 Å². The Morgan fingerprint density at radius 2 is 2.10 bits per heavy atom. The van der Waals surface area contributed by atoms with Crippen LogP contribution in [0.3, 0.4) is 0 Å². The van der Waals surface area contributed by atoms with E-state index >= 15 is 0 Å². The number of hydrogen-bond donors (Lipinski definition) is 3. The summed E-state index contributed by atoms with van der Waals surface area (Å²) in [4.78, 5) is 15.6. The second-order valence-electron chi connectivity index (χ2n) is 5.55. The molecule has 5 heteroatoms. The quantitative estimate of drug-likeness (QED) is 0.787. The van der Waals surface area contributed by atoms with Gasteiger partial charge >= 0.3 is 5.97 Å². The first-order valence-corrected chi connectivity index (χ1v) is 7.12. The van der Waals surface area contributed by atoms with Gasteiger partial charge < -0.3 is 15.5 Å². The number of aliphatic hydroxyl groups is 1. The third-order valence-electron chi connectivity index (χ3n) is 4.03. The molecule has 0 aromatic carbocycles. The first-order valence-electron chi connectivity index (χ1n) is 7.12. The molecule has 1 aromatic heterocycles. The summed E-state index contributed by atoms with van der Waals surface area (Å²) in [5, 5.41) is 22.2. The molecule has 1 aliphatic carbocycles. The summed E-state index contributed by atoms with van der Waals surface area (Å²) < 4.78 is 0. The Morgan fingerprint density at radius 3 is 2.75 bits per heavy atom. The highest BCUT2D eigenvalue weighted by molar-refractivity contribution is 5.95. The van der Waals surface area contributed by atoms with Crippen LogP contribution in [0.1, 0.15) is 47.4 Å². The number of anilines is 1. The number of aryl methyl sites for hydroxylation is 2. The lowest BCUT2D eigenvalue weighted by Crippen LogP contribution is -2.35. The molecular weight excluding hydrogens is 256 g/mol. The molecule has 1 fully saturated rings. The van der Waals surface area contributed by atoms with E-state index in [0.29, 0.717) is 11.4 Å². The molecule has 0 saturated heterocycles. The van der Waals surface area contributed by atoms with Crippen LogP contribution in [0.15, 0.2) is 6.07 Å². The van der Waals surface area contributed by atoms with Crippen LogP contribution in [0, 0.1) is 19.8 Å². The van der Waals surface area contributed by atoms with Gasteiger partial charge in [-0.05, 0) is 32.8 Å². The van der Waals surface area contributed by atoms with E-state index in [4.69, 9.17) is 0 Å². The summed E-state index contributed by atoms with van der Waals surface area (Å²) in [6.45, 7) is 3.71. The lowest BCUT2D eigenvalue weighted by atomic mass is 9.85. The summed E-state index contributed by atoms with van der Waals surface area (Å²) in [5.74, 6) is -0.770. The first kappa shape index (κ1) is 14.8. The van der Waals surface area contributed by atoms with E-state index in [-0.39, 0.29) is 24.1 Å². The highest BCUT2D eigenvalue weighted by Crippen LogP contribution is 2.29. The van der Waals surface area contributed by atoms with Crippen molar-refractivity contribution in [3.05, 3.63) is 23.0 Å². The Hall–Kier alpha value is -1.62. The predicted molar refractivity (Wildman–Crippen MR) is 77.1 cm³/mol. The van der Waals surface area contributed by atoms with Gasteiger partial charge in [0.2, 0.25) is 0 Å². The number of hydrogen-bond acceptors (Lipinski definition) is 4. The zero-order valence-corrected chi connectivity index (χ0v) is 12.0. The number of aliphatic hydroxyl groups excluding tert-OH is 1. The number of pyridine rings is 1.